The molecule has 0 aliphatic heterocycles. The number of aliphatic hydroxyl groups is 1. The van der Waals surface area contributed by atoms with E-state index in [0.717, 1.165) is 17.3 Å². The maximum Gasteiger partial charge on any atom is 0.135 e. The summed E-state index contributed by atoms with van der Waals surface area (Å²) in [5, 5.41) is 11.0. The average molecular weight is 236 g/mol. The van der Waals surface area contributed by atoms with Crippen molar-refractivity contribution >= 4 is 22.5 Å². The van der Waals surface area contributed by atoms with E-state index in [0.29, 0.717) is 10.7 Å². The molecule has 1 unspecified atom stereocenters. The number of rotatable bonds is 2. The van der Waals surface area contributed by atoms with Crippen LogP contribution in [0, 0.1) is 0 Å². The Morgan fingerprint density at radius 1 is 1.38 bits per heavy atom. The highest BCUT2D eigenvalue weighted by molar-refractivity contribution is 6.30. The SMILES string of the molecule is CCc1ccc2nc(Cl)c(C(C)O)cc2c1. The first-order valence-electron chi connectivity index (χ1n) is 5.39. The molecule has 16 heavy (non-hydrogen) atoms. The molecule has 0 bridgehead atoms. The highest BCUT2D eigenvalue weighted by Crippen LogP contribution is 2.26. The van der Waals surface area contributed by atoms with E-state index < -0.39 is 6.10 Å². The largest absolute Gasteiger partial charge is 0.389 e. The van der Waals surface area contributed by atoms with E-state index in [1.54, 1.807) is 6.92 Å². The van der Waals surface area contributed by atoms with Gasteiger partial charge in [-0.25, -0.2) is 4.98 Å². The lowest BCUT2D eigenvalue weighted by Gasteiger charge is -2.09. The van der Waals surface area contributed by atoms with Crippen molar-refractivity contribution in [2.24, 2.45) is 0 Å². The molecule has 1 aromatic carbocycles. The second-order valence-electron chi connectivity index (χ2n) is 3.92. The number of aliphatic hydroxyl groups excluding tert-OH is 1. The monoisotopic (exact) mass is 235 g/mol. The summed E-state index contributed by atoms with van der Waals surface area (Å²) in [5.74, 6) is 0. The Labute approximate surface area is 99.9 Å². The molecule has 1 heterocycles. The van der Waals surface area contributed by atoms with Crippen LogP contribution in [0.5, 0.6) is 0 Å². The van der Waals surface area contributed by atoms with Crippen molar-refractivity contribution in [3.8, 4) is 0 Å². The highest BCUT2D eigenvalue weighted by Gasteiger charge is 2.09. The lowest BCUT2D eigenvalue weighted by Crippen LogP contribution is -1.95. The normalized spacial score (nSPS) is 13.0. The minimum absolute atomic E-state index is 0.381. The molecule has 1 aromatic heterocycles. The van der Waals surface area contributed by atoms with Crippen LogP contribution in [0.2, 0.25) is 5.15 Å². The van der Waals surface area contributed by atoms with Crippen LogP contribution < -0.4 is 0 Å². The summed E-state index contributed by atoms with van der Waals surface area (Å²) in [4.78, 5) is 4.28. The van der Waals surface area contributed by atoms with Crippen molar-refractivity contribution in [3.63, 3.8) is 0 Å². The van der Waals surface area contributed by atoms with Crippen molar-refractivity contribution in [2.75, 3.05) is 0 Å². The summed E-state index contributed by atoms with van der Waals surface area (Å²) in [7, 11) is 0. The Kier molecular flexibility index (Phi) is 3.13. The first-order chi connectivity index (χ1) is 7.61. The Bertz CT molecular complexity index is 523. The number of nitrogens with zero attached hydrogens (tertiary/aromatic N) is 1. The molecule has 1 N–H and O–H groups in total. The number of pyridine rings is 1. The van der Waals surface area contributed by atoms with E-state index in [-0.39, 0.29) is 0 Å². The van der Waals surface area contributed by atoms with Crippen molar-refractivity contribution in [3.05, 3.63) is 40.5 Å². The van der Waals surface area contributed by atoms with Gasteiger partial charge in [0.2, 0.25) is 0 Å². The fraction of sp³-hybridized carbons (Fsp3) is 0.308. The topological polar surface area (TPSA) is 33.1 Å². The van der Waals surface area contributed by atoms with Gasteiger partial charge in [-0.1, -0.05) is 24.6 Å². The first-order valence-corrected chi connectivity index (χ1v) is 5.76. The first kappa shape index (κ1) is 11.4. The van der Waals surface area contributed by atoms with Crippen LogP contribution in [-0.2, 0) is 6.42 Å². The third kappa shape index (κ3) is 2.04. The summed E-state index contributed by atoms with van der Waals surface area (Å²) in [6.45, 7) is 3.80. The maximum absolute atomic E-state index is 9.57. The molecular weight excluding hydrogens is 222 g/mol. The Morgan fingerprint density at radius 2 is 2.12 bits per heavy atom. The molecule has 0 spiro atoms. The molecule has 2 nitrogen and oxygen atoms in total. The van der Waals surface area contributed by atoms with Gasteiger partial charge in [0.05, 0.1) is 11.6 Å². The number of hydrogen-bond donors (Lipinski definition) is 1. The smallest absolute Gasteiger partial charge is 0.135 e. The maximum atomic E-state index is 9.57. The van der Waals surface area contributed by atoms with Gasteiger partial charge in [-0.15, -0.1) is 0 Å². The molecular formula is C13H14ClNO. The van der Waals surface area contributed by atoms with Gasteiger partial charge < -0.3 is 5.11 Å². The fourth-order valence-electron chi connectivity index (χ4n) is 1.73. The van der Waals surface area contributed by atoms with Crippen molar-refractivity contribution in [1.29, 1.82) is 0 Å². The molecule has 0 fully saturated rings. The van der Waals surface area contributed by atoms with E-state index in [2.05, 4.69) is 18.0 Å². The molecule has 2 aromatic rings. The standard InChI is InChI=1S/C13H14ClNO/c1-3-9-4-5-12-10(6-9)7-11(8(2)16)13(14)15-12/h4-8,16H,3H2,1-2H3. The molecule has 3 heteroatoms. The molecule has 1 atom stereocenters. The second-order valence-corrected chi connectivity index (χ2v) is 4.28. The summed E-state index contributed by atoms with van der Waals surface area (Å²) < 4.78 is 0. The Morgan fingerprint density at radius 3 is 2.75 bits per heavy atom. The molecule has 0 aliphatic rings. The van der Waals surface area contributed by atoms with Crippen molar-refractivity contribution in [1.82, 2.24) is 4.98 Å². The highest BCUT2D eigenvalue weighted by atomic mass is 35.5. The molecule has 84 valence electrons. The van der Waals surface area contributed by atoms with Crippen molar-refractivity contribution < 1.29 is 5.11 Å². The van der Waals surface area contributed by atoms with Crippen LogP contribution >= 0.6 is 11.6 Å². The minimum atomic E-state index is -0.588. The lowest BCUT2D eigenvalue weighted by molar-refractivity contribution is 0.199. The summed E-state index contributed by atoms with van der Waals surface area (Å²) >= 11 is 6.00. The van der Waals surface area contributed by atoms with Gasteiger partial charge in [0, 0.05) is 10.9 Å². The molecule has 0 amide bonds. The zero-order chi connectivity index (χ0) is 11.7. The predicted molar refractivity (Wildman–Crippen MR) is 66.8 cm³/mol. The van der Waals surface area contributed by atoms with E-state index in [1.807, 2.05) is 18.2 Å². The van der Waals surface area contributed by atoms with Crippen LogP contribution in [0.3, 0.4) is 0 Å². The van der Waals surface area contributed by atoms with Gasteiger partial charge in [0.25, 0.3) is 0 Å². The predicted octanol–water partition coefficient (Wildman–Crippen LogP) is 3.50. The van der Waals surface area contributed by atoms with Crippen LogP contribution in [0.25, 0.3) is 10.9 Å². The summed E-state index contributed by atoms with van der Waals surface area (Å²) in [6.07, 6.45) is 0.400. The third-order valence-corrected chi connectivity index (χ3v) is 3.02. The quantitative estimate of drug-likeness (QED) is 0.809. The second kappa shape index (κ2) is 4.40. The van der Waals surface area contributed by atoms with Gasteiger partial charge in [-0.05, 0) is 37.1 Å². The van der Waals surface area contributed by atoms with E-state index in [1.165, 1.54) is 5.56 Å². The lowest BCUT2D eigenvalue weighted by atomic mass is 10.1. The number of hydrogen-bond acceptors (Lipinski definition) is 2. The van der Waals surface area contributed by atoms with E-state index in [4.69, 9.17) is 11.6 Å². The van der Waals surface area contributed by atoms with E-state index >= 15 is 0 Å². The Balaban J connectivity index is 2.65. The van der Waals surface area contributed by atoms with Crippen LogP contribution in [0.15, 0.2) is 24.3 Å². The number of fused-ring (bicyclic) bond motifs is 1. The molecule has 0 saturated heterocycles. The molecule has 2 rings (SSSR count). The zero-order valence-corrected chi connectivity index (χ0v) is 10.1. The Hall–Kier alpha value is -1.12. The van der Waals surface area contributed by atoms with Gasteiger partial charge in [0.15, 0.2) is 0 Å². The minimum Gasteiger partial charge on any atom is -0.389 e. The summed E-state index contributed by atoms with van der Waals surface area (Å²) in [6, 6.07) is 8.01. The number of benzene rings is 1. The van der Waals surface area contributed by atoms with Crippen molar-refractivity contribution in [2.45, 2.75) is 26.4 Å². The average Bonchev–Trinajstić information content (AvgIpc) is 2.27. The number of halogens is 1. The fourth-order valence-corrected chi connectivity index (χ4v) is 2.04. The number of aromatic nitrogens is 1. The molecule has 0 saturated carbocycles. The molecule has 0 aliphatic carbocycles. The third-order valence-electron chi connectivity index (χ3n) is 2.72. The number of aryl methyl sites for hydroxylation is 1. The van der Waals surface area contributed by atoms with Gasteiger partial charge in [0.1, 0.15) is 5.15 Å². The van der Waals surface area contributed by atoms with Crippen LogP contribution in [-0.4, -0.2) is 10.1 Å². The van der Waals surface area contributed by atoms with E-state index in [9.17, 15) is 5.11 Å². The van der Waals surface area contributed by atoms with Gasteiger partial charge >= 0.3 is 0 Å². The van der Waals surface area contributed by atoms with Crippen LogP contribution in [0.1, 0.15) is 31.1 Å². The van der Waals surface area contributed by atoms with Gasteiger partial charge in [-0.2, -0.15) is 0 Å². The van der Waals surface area contributed by atoms with Crippen LogP contribution in [0.4, 0.5) is 0 Å². The molecule has 0 radical (unpaired) electrons. The van der Waals surface area contributed by atoms with Gasteiger partial charge in [-0.3, -0.25) is 0 Å². The zero-order valence-electron chi connectivity index (χ0n) is 9.37. The summed E-state index contributed by atoms with van der Waals surface area (Å²) in [5.41, 5.74) is 2.81.